The summed E-state index contributed by atoms with van der Waals surface area (Å²) in [6.45, 7) is 2.32. The Morgan fingerprint density at radius 3 is 2.54 bits per heavy atom. The quantitative estimate of drug-likeness (QED) is 0.711. The summed E-state index contributed by atoms with van der Waals surface area (Å²) >= 11 is 0. The van der Waals surface area contributed by atoms with E-state index in [9.17, 15) is 0 Å². The molecule has 2 aliphatic rings. The van der Waals surface area contributed by atoms with Gasteiger partial charge < -0.3 is 5.73 Å². The van der Waals surface area contributed by atoms with Crippen LogP contribution in [0.2, 0.25) is 0 Å². The van der Waals surface area contributed by atoms with Gasteiger partial charge in [0, 0.05) is 6.04 Å². The minimum absolute atomic E-state index is 0.527. The van der Waals surface area contributed by atoms with Gasteiger partial charge in [-0.15, -0.1) is 0 Å². The molecule has 0 amide bonds. The van der Waals surface area contributed by atoms with E-state index in [4.69, 9.17) is 5.73 Å². The van der Waals surface area contributed by atoms with E-state index in [-0.39, 0.29) is 0 Å². The fraction of sp³-hybridized carbons (Fsp3) is 1.00. The lowest BCUT2D eigenvalue weighted by Gasteiger charge is -2.35. The molecule has 3 unspecified atom stereocenters. The average Bonchev–Trinajstić information content (AvgIpc) is 2.91. The summed E-state index contributed by atoms with van der Waals surface area (Å²) < 4.78 is 0. The van der Waals surface area contributed by atoms with Gasteiger partial charge >= 0.3 is 0 Å². The van der Waals surface area contributed by atoms with Crippen LogP contribution >= 0.6 is 0 Å². The Bertz CT molecular complexity index is 163. The van der Waals surface area contributed by atoms with Crippen molar-refractivity contribution in [3.05, 3.63) is 0 Å². The second-order valence-corrected chi connectivity index (χ2v) is 5.12. The Labute approximate surface area is 82.1 Å². The summed E-state index contributed by atoms with van der Waals surface area (Å²) in [5.41, 5.74) is 6.05. The van der Waals surface area contributed by atoms with Crippen molar-refractivity contribution in [2.45, 2.75) is 57.9 Å². The largest absolute Gasteiger partial charge is 0.328 e. The van der Waals surface area contributed by atoms with Gasteiger partial charge in [-0.05, 0) is 49.9 Å². The highest BCUT2D eigenvalue weighted by molar-refractivity contribution is 4.91. The lowest BCUT2D eigenvalue weighted by atomic mass is 9.73. The molecule has 0 radical (unpaired) electrons. The first-order valence-electron chi connectivity index (χ1n) is 6.06. The first-order chi connectivity index (χ1) is 6.31. The van der Waals surface area contributed by atoms with E-state index >= 15 is 0 Å². The third kappa shape index (κ3) is 2.25. The standard InChI is InChI=1S/C12H23N/c1-2-3-9-6-7-11(13)8-12(9)10-4-5-10/h9-12H,2-8,13H2,1H3. The Morgan fingerprint density at radius 1 is 1.15 bits per heavy atom. The number of rotatable bonds is 3. The molecule has 2 aliphatic carbocycles. The zero-order chi connectivity index (χ0) is 9.26. The van der Waals surface area contributed by atoms with E-state index in [2.05, 4.69) is 6.92 Å². The van der Waals surface area contributed by atoms with Crippen molar-refractivity contribution in [3.8, 4) is 0 Å². The highest BCUT2D eigenvalue weighted by atomic mass is 14.7. The number of hydrogen-bond acceptors (Lipinski definition) is 1. The lowest BCUT2D eigenvalue weighted by molar-refractivity contribution is 0.180. The molecule has 2 fully saturated rings. The molecule has 0 heterocycles. The summed E-state index contributed by atoms with van der Waals surface area (Å²) in [5.74, 6) is 3.10. The van der Waals surface area contributed by atoms with Crippen molar-refractivity contribution in [1.29, 1.82) is 0 Å². The molecule has 2 rings (SSSR count). The highest BCUT2D eigenvalue weighted by Gasteiger charge is 2.38. The van der Waals surface area contributed by atoms with Crippen LogP contribution in [-0.2, 0) is 0 Å². The fourth-order valence-corrected chi connectivity index (χ4v) is 3.13. The molecule has 1 nitrogen and oxygen atoms in total. The average molecular weight is 181 g/mol. The molecule has 0 aromatic heterocycles. The molecule has 0 aliphatic heterocycles. The number of hydrogen-bond donors (Lipinski definition) is 1. The van der Waals surface area contributed by atoms with Gasteiger partial charge in [0.15, 0.2) is 0 Å². The van der Waals surface area contributed by atoms with Gasteiger partial charge in [0.1, 0.15) is 0 Å². The maximum atomic E-state index is 6.05. The van der Waals surface area contributed by atoms with Crippen LogP contribution in [0, 0.1) is 17.8 Å². The normalized spacial score (nSPS) is 40.6. The summed E-state index contributed by atoms with van der Waals surface area (Å²) in [7, 11) is 0. The molecule has 13 heavy (non-hydrogen) atoms. The first-order valence-corrected chi connectivity index (χ1v) is 6.06. The van der Waals surface area contributed by atoms with E-state index in [1.807, 2.05) is 0 Å². The second kappa shape index (κ2) is 4.00. The summed E-state index contributed by atoms with van der Waals surface area (Å²) in [5, 5.41) is 0. The molecule has 2 N–H and O–H groups in total. The maximum absolute atomic E-state index is 6.05. The SMILES string of the molecule is CCCC1CCC(N)CC1C1CC1. The van der Waals surface area contributed by atoms with Crippen LogP contribution in [0.3, 0.4) is 0 Å². The van der Waals surface area contributed by atoms with Crippen molar-refractivity contribution >= 4 is 0 Å². The van der Waals surface area contributed by atoms with E-state index in [0.717, 1.165) is 17.8 Å². The van der Waals surface area contributed by atoms with Gasteiger partial charge in [0.05, 0.1) is 0 Å². The van der Waals surface area contributed by atoms with Crippen molar-refractivity contribution in [2.24, 2.45) is 23.5 Å². The molecular weight excluding hydrogens is 158 g/mol. The third-order valence-corrected chi connectivity index (χ3v) is 3.98. The van der Waals surface area contributed by atoms with Gasteiger partial charge in [-0.2, -0.15) is 0 Å². The topological polar surface area (TPSA) is 26.0 Å². The van der Waals surface area contributed by atoms with Crippen LogP contribution in [0.25, 0.3) is 0 Å². The Balaban J connectivity index is 1.90. The molecule has 3 atom stereocenters. The van der Waals surface area contributed by atoms with Crippen LogP contribution in [-0.4, -0.2) is 6.04 Å². The third-order valence-electron chi connectivity index (χ3n) is 3.98. The molecule has 1 heteroatoms. The Morgan fingerprint density at radius 2 is 1.92 bits per heavy atom. The molecule has 0 saturated heterocycles. The van der Waals surface area contributed by atoms with Gasteiger partial charge in [-0.25, -0.2) is 0 Å². The smallest absolute Gasteiger partial charge is 0.00417 e. The molecule has 0 spiro atoms. The molecule has 76 valence electrons. The van der Waals surface area contributed by atoms with Crippen molar-refractivity contribution in [1.82, 2.24) is 0 Å². The van der Waals surface area contributed by atoms with Gasteiger partial charge in [-0.3, -0.25) is 0 Å². The van der Waals surface area contributed by atoms with E-state index in [0.29, 0.717) is 6.04 Å². The second-order valence-electron chi connectivity index (χ2n) is 5.12. The first kappa shape index (κ1) is 9.51. The van der Waals surface area contributed by atoms with E-state index in [1.165, 1.54) is 44.9 Å². The molecule has 0 bridgehead atoms. The molecular formula is C12H23N. The monoisotopic (exact) mass is 181 g/mol. The highest BCUT2D eigenvalue weighted by Crippen LogP contribution is 2.47. The zero-order valence-electron chi connectivity index (χ0n) is 8.84. The maximum Gasteiger partial charge on any atom is 0.00417 e. The van der Waals surface area contributed by atoms with Crippen LogP contribution in [0.4, 0.5) is 0 Å². The Hall–Kier alpha value is -0.0400. The van der Waals surface area contributed by atoms with Gasteiger partial charge in [-0.1, -0.05) is 19.8 Å². The predicted octanol–water partition coefficient (Wildman–Crippen LogP) is 2.94. The van der Waals surface area contributed by atoms with Crippen molar-refractivity contribution in [2.75, 3.05) is 0 Å². The minimum Gasteiger partial charge on any atom is -0.328 e. The van der Waals surface area contributed by atoms with E-state index in [1.54, 1.807) is 0 Å². The van der Waals surface area contributed by atoms with Crippen molar-refractivity contribution in [3.63, 3.8) is 0 Å². The fourth-order valence-electron chi connectivity index (χ4n) is 3.13. The van der Waals surface area contributed by atoms with Crippen LogP contribution in [0.1, 0.15) is 51.9 Å². The lowest BCUT2D eigenvalue weighted by Crippen LogP contribution is -2.34. The zero-order valence-corrected chi connectivity index (χ0v) is 8.84. The van der Waals surface area contributed by atoms with Crippen LogP contribution < -0.4 is 5.73 Å². The summed E-state index contributed by atoms with van der Waals surface area (Å²) in [6, 6.07) is 0.527. The van der Waals surface area contributed by atoms with Gasteiger partial charge in [0.25, 0.3) is 0 Å². The summed E-state index contributed by atoms with van der Waals surface area (Å²) in [6.07, 6.45) is 9.84. The Kier molecular flexibility index (Phi) is 2.92. The molecule has 0 aromatic rings. The predicted molar refractivity (Wildman–Crippen MR) is 56.4 cm³/mol. The molecule has 0 aromatic carbocycles. The van der Waals surface area contributed by atoms with E-state index < -0.39 is 0 Å². The van der Waals surface area contributed by atoms with Crippen LogP contribution in [0.15, 0.2) is 0 Å². The van der Waals surface area contributed by atoms with Crippen molar-refractivity contribution < 1.29 is 0 Å². The number of nitrogens with two attached hydrogens (primary N) is 1. The summed E-state index contributed by atoms with van der Waals surface area (Å²) in [4.78, 5) is 0. The molecule has 2 saturated carbocycles. The minimum atomic E-state index is 0.527. The van der Waals surface area contributed by atoms with Crippen LogP contribution in [0.5, 0.6) is 0 Å². The van der Waals surface area contributed by atoms with Gasteiger partial charge in [0.2, 0.25) is 0 Å².